The lowest BCUT2D eigenvalue weighted by Gasteiger charge is -2.15. The summed E-state index contributed by atoms with van der Waals surface area (Å²) in [7, 11) is 0. The predicted molar refractivity (Wildman–Crippen MR) is 109 cm³/mol. The number of aromatic amines is 1. The summed E-state index contributed by atoms with van der Waals surface area (Å²) in [6.45, 7) is 3.79. The van der Waals surface area contributed by atoms with Crippen LogP contribution in [0.4, 0.5) is 10.2 Å². The second-order valence-electron chi connectivity index (χ2n) is 6.87. The first-order valence-corrected chi connectivity index (χ1v) is 9.15. The number of carbonyl (C=O) groups excluding carboxylic acids is 1. The number of nitrogens with zero attached hydrogens (tertiary/aromatic N) is 2. The van der Waals surface area contributed by atoms with E-state index in [1.54, 1.807) is 44.3 Å². The molecule has 3 rings (SSSR count). The standard InChI is InChI=1S/C21H22FN5O2/c1-12-13(2)26-20(27-21(12)29)15-5-8-18(24-10-15)25-11-16(19(23)28)9-14-3-6-17(22)7-4-14/h3-8,10,16H,9,11H2,1-2H3,(H2,23,28)(H,24,25)(H,26,27,29). The number of nitrogens with two attached hydrogens (primary N) is 1. The summed E-state index contributed by atoms with van der Waals surface area (Å²) in [4.78, 5) is 35.1. The van der Waals surface area contributed by atoms with Crippen LogP contribution in [0.2, 0.25) is 0 Å². The molecule has 7 nitrogen and oxygen atoms in total. The highest BCUT2D eigenvalue weighted by molar-refractivity contribution is 5.77. The highest BCUT2D eigenvalue weighted by Crippen LogP contribution is 2.16. The Balaban J connectivity index is 1.67. The molecule has 3 aromatic rings. The number of carbonyl (C=O) groups is 1. The van der Waals surface area contributed by atoms with Crippen molar-refractivity contribution in [2.75, 3.05) is 11.9 Å². The van der Waals surface area contributed by atoms with E-state index in [0.29, 0.717) is 34.9 Å². The van der Waals surface area contributed by atoms with Gasteiger partial charge in [-0.25, -0.2) is 14.4 Å². The van der Waals surface area contributed by atoms with Crippen molar-refractivity contribution in [3.63, 3.8) is 0 Å². The largest absolute Gasteiger partial charge is 0.369 e. The van der Waals surface area contributed by atoms with Gasteiger partial charge in [-0.05, 0) is 50.1 Å². The number of primary amides is 1. The van der Waals surface area contributed by atoms with Gasteiger partial charge in [-0.2, -0.15) is 0 Å². The third kappa shape index (κ3) is 5.04. The first-order valence-electron chi connectivity index (χ1n) is 9.15. The Morgan fingerprint density at radius 2 is 1.93 bits per heavy atom. The molecular weight excluding hydrogens is 373 g/mol. The van der Waals surface area contributed by atoms with Gasteiger partial charge in [-0.1, -0.05) is 12.1 Å². The Morgan fingerprint density at radius 3 is 2.52 bits per heavy atom. The van der Waals surface area contributed by atoms with E-state index in [1.165, 1.54) is 12.1 Å². The number of pyridine rings is 1. The van der Waals surface area contributed by atoms with Gasteiger partial charge in [-0.3, -0.25) is 9.59 Å². The normalized spacial score (nSPS) is 11.8. The van der Waals surface area contributed by atoms with Gasteiger partial charge in [0, 0.05) is 29.6 Å². The molecule has 2 heterocycles. The molecular formula is C21H22FN5O2. The molecule has 0 aliphatic rings. The molecule has 1 aromatic carbocycles. The zero-order valence-electron chi connectivity index (χ0n) is 16.2. The van der Waals surface area contributed by atoms with E-state index in [1.807, 2.05) is 0 Å². The van der Waals surface area contributed by atoms with E-state index in [-0.39, 0.29) is 17.9 Å². The monoisotopic (exact) mass is 395 g/mol. The predicted octanol–water partition coefficient (Wildman–Crippen LogP) is 2.34. The average Bonchev–Trinajstić information content (AvgIpc) is 2.70. The lowest BCUT2D eigenvalue weighted by atomic mass is 9.98. The van der Waals surface area contributed by atoms with Crippen molar-refractivity contribution >= 4 is 11.7 Å². The molecule has 4 N–H and O–H groups in total. The number of amides is 1. The van der Waals surface area contributed by atoms with Crippen LogP contribution in [0.3, 0.4) is 0 Å². The number of hydrogen-bond acceptors (Lipinski definition) is 5. The van der Waals surface area contributed by atoms with Gasteiger partial charge < -0.3 is 16.0 Å². The zero-order valence-corrected chi connectivity index (χ0v) is 16.2. The van der Waals surface area contributed by atoms with Crippen molar-refractivity contribution in [2.24, 2.45) is 11.7 Å². The molecule has 0 radical (unpaired) electrons. The van der Waals surface area contributed by atoms with Crippen molar-refractivity contribution in [3.05, 3.63) is 75.6 Å². The third-order valence-electron chi connectivity index (χ3n) is 4.76. The molecule has 1 amide bonds. The molecule has 1 atom stereocenters. The number of nitrogens with one attached hydrogen (secondary N) is 2. The molecule has 150 valence electrons. The van der Waals surface area contributed by atoms with Crippen LogP contribution in [-0.4, -0.2) is 27.4 Å². The quantitative estimate of drug-likeness (QED) is 0.568. The van der Waals surface area contributed by atoms with Crippen LogP contribution < -0.4 is 16.6 Å². The van der Waals surface area contributed by atoms with E-state index in [4.69, 9.17) is 5.73 Å². The number of rotatable bonds is 7. The van der Waals surface area contributed by atoms with E-state index < -0.39 is 11.8 Å². The maximum atomic E-state index is 13.0. The fraction of sp³-hybridized carbons (Fsp3) is 0.238. The number of H-pyrrole nitrogens is 1. The van der Waals surface area contributed by atoms with Gasteiger partial charge in [0.05, 0.1) is 5.92 Å². The number of anilines is 1. The van der Waals surface area contributed by atoms with Crippen LogP contribution in [0, 0.1) is 25.6 Å². The van der Waals surface area contributed by atoms with Gasteiger partial charge in [0.1, 0.15) is 17.5 Å². The maximum Gasteiger partial charge on any atom is 0.254 e. The van der Waals surface area contributed by atoms with Crippen LogP contribution in [-0.2, 0) is 11.2 Å². The number of halogens is 1. The first-order chi connectivity index (χ1) is 13.8. The van der Waals surface area contributed by atoms with Crippen molar-refractivity contribution in [3.8, 4) is 11.4 Å². The topological polar surface area (TPSA) is 114 Å². The molecule has 0 spiro atoms. The molecule has 29 heavy (non-hydrogen) atoms. The van der Waals surface area contributed by atoms with Crippen LogP contribution in [0.1, 0.15) is 16.8 Å². The number of aromatic nitrogens is 3. The van der Waals surface area contributed by atoms with Gasteiger partial charge in [0.2, 0.25) is 5.91 Å². The smallest absolute Gasteiger partial charge is 0.254 e. The maximum absolute atomic E-state index is 13.0. The molecule has 0 aliphatic carbocycles. The Morgan fingerprint density at radius 1 is 1.21 bits per heavy atom. The Hall–Kier alpha value is -3.55. The molecule has 0 saturated heterocycles. The summed E-state index contributed by atoms with van der Waals surface area (Å²) in [5.41, 5.74) is 8.07. The summed E-state index contributed by atoms with van der Waals surface area (Å²) in [6.07, 6.45) is 1.99. The first kappa shape index (κ1) is 20.2. The minimum atomic E-state index is -0.472. The Bertz CT molecular complexity index is 1060. The minimum absolute atomic E-state index is 0.181. The lowest BCUT2D eigenvalue weighted by molar-refractivity contribution is -0.121. The molecule has 0 bridgehead atoms. The number of benzene rings is 1. The number of aryl methyl sites for hydroxylation is 1. The molecule has 1 unspecified atom stereocenters. The molecule has 2 aromatic heterocycles. The summed E-state index contributed by atoms with van der Waals surface area (Å²) in [5.74, 6) is -0.241. The second kappa shape index (κ2) is 8.64. The minimum Gasteiger partial charge on any atom is -0.369 e. The fourth-order valence-electron chi connectivity index (χ4n) is 2.83. The highest BCUT2D eigenvalue weighted by Gasteiger charge is 2.16. The number of hydrogen-bond donors (Lipinski definition) is 3. The fourth-order valence-corrected chi connectivity index (χ4v) is 2.83. The summed E-state index contributed by atoms with van der Waals surface area (Å²) < 4.78 is 13.0. The second-order valence-corrected chi connectivity index (χ2v) is 6.87. The SMILES string of the molecule is Cc1nc(-c2ccc(NCC(Cc3ccc(F)cc3)C(N)=O)nc2)[nH]c(=O)c1C. The molecule has 8 heteroatoms. The molecule has 0 fully saturated rings. The molecule has 0 aliphatic heterocycles. The van der Waals surface area contributed by atoms with E-state index in [0.717, 1.165) is 5.56 Å². The zero-order chi connectivity index (χ0) is 21.0. The van der Waals surface area contributed by atoms with Gasteiger partial charge in [0.25, 0.3) is 5.56 Å². The van der Waals surface area contributed by atoms with Crippen molar-refractivity contribution < 1.29 is 9.18 Å². The van der Waals surface area contributed by atoms with E-state index >= 15 is 0 Å². The summed E-state index contributed by atoms with van der Waals surface area (Å²) in [6, 6.07) is 9.49. The van der Waals surface area contributed by atoms with Gasteiger partial charge in [-0.15, -0.1) is 0 Å². The van der Waals surface area contributed by atoms with Crippen LogP contribution in [0.25, 0.3) is 11.4 Å². The summed E-state index contributed by atoms with van der Waals surface area (Å²) in [5, 5.41) is 3.09. The van der Waals surface area contributed by atoms with Crippen LogP contribution in [0.5, 0.6) is 0 Å². The Kier molecular flexibility index (Phi) is 6.01. The molecule has 0 saturated carbocycles. The van der Waals surface area contributed by atoms with Crippen molar-refractivity contribution in [2.45, 2.75) is 20.3 Å². The lowest BCUT2D eigenvalue weighted by Crippen LogP contribution is -2.31. The van der Waals surface area contributed by atoms with E-state index in [2.05, 4.69) is 20.3 Å². The van der Waals surface area contributed by atoms with E-state index in [9.17, 15) is 14.0 Å². The highest BCUT2D eigenvalue weighted by atomic mass is 19.1. The van der Waals surface area contributed by atoms with Gasteiger partial charge in [0.15, 0.2) is 0 Å². The van der Waals surface area contributed by atoms with Crippen LogP contribution in [0.15, 0.2) is 47.4 Å². The Labute approximate surface area is 167 Å². The van der Waals surface area contributed by atoms with Crippen molar-refractivity contribution in [1.82, 2.24) is 15.0 Å². The van der Waals surface area contributed by atoms with Gasteiger partial charge >= 0.3 is 0 Å². The van der Waals surface area contributed by atoms with Crippen molar-refractivity contribution in [1.29, 1.82) is 0 Å². The van der Waals surface area contributed by atoms with Crippen LogP contribution >= 0.6 is 0 Å². The summed E-state index contributed by atoms with van der Waals surface area (Å²) >= 11 is 0. The third-order valence-corrected chi connectivity index (χ3v) is 4.76. The average molecular weight is 395 g/mol.